The Hall–Kier alpha value is -1.98. The first kappa shape index (κ1) is 11.5. The van der Waals surface area contributed by atoms with Gasteiger partial charge < -0.3 is 4.90 Å². The predicted molar refractivity (Wildman–Crippen MR) is 67.1 cm³/mol. The molecule has 2 rings (SSSR count). The molecule has 1 saturated heterocycles. The second-order valence-electron chi connectivity index (χ2n) is 3.57. The van der Waals surface area contributed by atoms with Crippen molar-refractivity contribution < 1.29 is 0 Å². The van der Waals surface area contributed by atoms with E-state index in [4.69, 9.17) is 10.5 Å². The monoisotopic (exact) mass is 242 g/mol. The van der Waals surface area contributed by atoms with Gasteiger partial charge in [-0.15, -0.1) is 4.99 Å². The summed E-state index contributed by atoms with van der Waals surface area (Å²) in [4.78, 5) is 5.87. The van der Waals surface area contributed by atoms with Crippen LogP contribution in [-0.4, -0.2) is 22.4 Å². The van der Waals surface area contributed by atoms with Crippen molar-refractivity contribution in [3.05, 3.63) is 35.4 Å². The lowest BCUT2D eigenvalue weighted by atomic mass is 10.1. The molecule has 0 N–H and O–H groups in total. The second-order valence-corrected chi connectivity index (χ2v) is 4.64. The summed E-state index contributed by atoms with van der Waals surface area (Å²) < 4.78 is 0. The zero-order chi connectivity index (χ0) is 12.1. The van der Waals surface area contributed by atoms with Gasteiger partial charge in [0.05, 0.1) is 11.6 Å². The molecule has 0 unspecified atom stereocenters. The van der Waals surface area contributed by atoms with E-state index in [1.807, 2.05) is 18.3 Å². The van der Waals surface area contributed by atoms with E-state index in [0.717, 1.165) is 29.6 Å². The van der Waals surface area contributed by atoms with Gasteiger partial charge >= 0.3 is 0 Å². The zero-order valence-electron chi connectivity index (χ0n) is 9.13. The topological polar surface area (TPSA) is 63.2 Å². The molecule has 1 aromatic carbocycles. The van der Waals surface area contributed by atoms with E-state index in [1.54, 1.807) is 23.9 Å². The lowest BCUT2D eigenvalue weighted by Crippen LogP contribution is -2.23. The summed E-state index contributed by atoms with van der Waals surface area (Å²) in [7, 11) is 0. The third kappa shape index (κ3) is 2.77. The van der Waals surface area contributed by atoms with Crippen molar-refractivity contribution in [2.24, 2.45) is 4.99 Å². The van der Waals surface area contributed by atoms with Gasteiger partial charge in [-0.3, -0.25) is 0 Å². The van der Waals surface area contributed by atoms with Gasteiger partial charge in [0.15, 0.2) is 5.17 Å². The molecular weight excluding hydrogens is 232 g/mol. The molecule has 0 spiro atoms. The van der Waals surface area contributed by atoms with Gasteiger partial charge in [-0.25, -0.2) is 0 Å². The van der Waals surface area contributed by atoms with Crippen LogP contribution in [0.4, 0.5) is 0 Å². The summed E-state index contributed by atoms with van der Waals surface area (Å²) in [5.74, 6) is 0.969. The molecule has 1 aliphatic heterocycles. The van der Waals surface area contributed by atoms with Crippen LogP contribution in [0.2, 0.25) is 0 Å². The minimum Gasteiger partial charge on any atom is -0.345 e. The van der Waals surface area contributed by atoms with Gasteiger partial charge in [-0.05, 0) is 17.7 Å². The van der Waals surface area contributed by atoms with E-state index < -0.39 is 0 Å². The van der Waals surface area contributed by atoms with E-state index in [2.05, 4.69) is 16.0 Å². The molecule has 17 heavy (non-hydrogen) atoms. The molecule has 5 heteroatoms. The Bertz CT molecular complexity index is 507. The Morgan fingerprint density at radius 1 is 1.29 bits per heavy atom. The van der Waals surface area contributed by atoms with E-state index in [9.17, 15) is 0 Å². The third-order valence-corrected chi connectivity index (χ3v) is 3.46. The molecule has 0 aliphatic carbocycles. The largest absolute Gasteiger partial charge is 0.345 e. The number of rotatable bonds is 2. The summed E-state index contributed by atoms with van der Waals surface area (Å²) in [6, 6.07) is 9.57. The molecule has 1 aliphatic rings. The Morgan fingerprint density at radius 2 is 2.06 bits per heavy atom. The fourth-order valence-corrected chi connectivity index (χ4v) is 2.57. The van der Waals surface area contributed by atoms with Crippen molar-refractivity contribution in [2.45, 2.75) is 6.54 Å². The van der Waals surface area contributed by atoms with E-state index in [1.165, 1.54) is 0 Å². The highest BCUT2D eigenvalue weighted by atomic mass is 32.2. The maximum absolute atomic E-state index is 8.71. The fourth-order valence-electron chi connectivity index (χ4n) is 1.63. The van der Waals surface area contributed by atoms with Crippen molar-refractivity contribution >= 4 is 16.9 Å². The quantitative estimate of drug-likeness (QED) is 0.743. The van der Waals surface area contributed by atoms with Gasteiger partial charge in [0.25, 0.3) is 0 Å². The molecule has 0 atom stereocenters. The van der Waals surface area contributed by atoms with Crippen molar-refractivity contribution in [2.75, 3.05) is 12.3 Å². The number of hydrogen-bond donors (Lipinski definition) is 0. The van der Waals surface area contributed by atoms with E-state index in [0.29, 0.717) is 5.56 Å². The highest BCUT2D eigenvalue weighted by Gasteiger charge is 2.19. The summed E-state index contributed by atoms with van der Waals surface area (Å²) in [5, 5.41) is 18.1. The molecule has 0 amide bonds. The van der Waals surface area contributed by atoms with Crippen molar-refractivity contribution in [1.29, 1.82) is 10.5 Å². The maximum Gasteiger partial charge on any atom is 0.208 e. The number of hydrogen-bond acceptors (Lipinski definition) is 4. The van der Waals surface area contributed by atoms with Crippen LogP contribution in [0, 0.1) is 22.8 Å². The molecule has 0 aromatic heterocycles. The number of thioether (sulfide) groups is 1. The van der Waals surface area contributed by atoms with Crippen LogP contribution in [-0.2, 0) is 6.54 Å². The van der Waals surface area contributed by atoms with E-state index in [-0.39, 0.29) is 0 Å². The maximum atomic E-state index is 8.71. The van der Waals surface area contributed by atoms with E-state index >= 15 is 0 Å². The minimum absolute atomic E-state index is 0.662. The molecule has 4 nitrogen and oxygen atoms in total. The lowest BCUT2D eigenvalue weighted by Gasteiger charge is -2.16. The third-order valence-electron chi connectivity index (χ3n) is 2.46. The average molecular weight is 242 g/mol. The number of amidine groups is 1. The molecular formula is C12H10N4S. The highest BCUT2D eigenvalue weighted by molar-refractivity contribution is 8.14. The van der Waals surface area contributed by atoms with Crippen LogP contribution < -0.4 is 0 Å². The number of nitrogens with zero attached hydrogens (tertiary/aromatic N) is 4. The van der Waals surface area contributed by atoms with Crippen LogP contribution in [0.3, 0.4) is 0 Å². The minimum atomic E-state index is 0.662. The van der Waals surface area contributed by atoms with Crippen LogP contribution in [0.5, 0.6) is 0 Å². The SMILES string of the molecule is N#CN=C1SCCN1Cc1ccc(C#N)cc1. The first-order valence-corrected chi connectivity index (χ1v) is 6.15. The smallest absolute Gasteiger partial charge is 0.208 e. The lowest BCUT2D eigenvalue weighted by molar-refractivity contribution is 0.457. The molecule has 1 aromatic rings. The van der Waals surface area contributed by atoms with Crippen molar-refractivity contribution in [1.82, 2.24) is 4.90 Å². The Kier molecular flexibility index (Phi) is 3.64. The van der Waals surface area contributed by atoms with Gasteiger partial charge in [0, 0.05) is 18.8 Å². The predicted octanol–water partition coefficient (Wildman–Crippen LogP) is 1.94. The highest BCUT2D eigenvalue weighted by Crippen LogP contribution is 2.20. The van der Waals surface area contributed by atoms with Gasteiger partial charge in [0.1, 0.15) is 0 Å². The van der Waals surface area contributed by atoms with Gasteiger partial charge in [-0.2, -0.15) is 10.5 Å². The molecule has 1 heterocycles. The van der Waals surface area contributed by atoms with Crippen LogP contribution >= 0.6 is 11.8 Å². The summed E-state index contributed by atoms with van der Waals surface area (Å²) in [5.41, 5.74) is 1.78. The van der Waals surface area contributed by atoms with Crippen LogP contribution in [0.15, 0.2) is 29.3 Å². The first-order chi connectivity index (χ1) is 8.33. The summed E-state index contributed by atoms with van der Waals surface area (Å²) in [6.07, 6.45) is 1.83. The van der Waals surface area contributed by atoms with Crippen LogP contribution in [0.25, 0.3) is 0 Å². The molecule has 1 fully saturated rings. The first-order valence-electron chi connectivity index (χ1n) is 5.17. The van der Waals surface area contributed by atoms with Crippen molar-refractivity contribution in [3.63, 3.8) is 0 Å². The van der Waals surface area contributed by atoms with Gasteiger partial charge in [0.2, 0.25) is 6.19 Å². The van der Waals surface area contributed by atoms with Crippen LogP contribution in [0.1, 0.15) is 11.1 Å². The Morgan fingerprint density at radius 3 is 2.71 bits per heavy atom. The molecule has 84 valence electrons. The molecule has 0 bridgehead atoms. The summed E-state index contributed by atoms with van der Waals surface area (Å²) in [6.45, 7) is 1.64. The molecule has 0 radical (unpaired) electrons. The Labute approximate surface area is 104 Å². The second kappa shape index (κ2) is 5.38. The number of nitriles is 2. The fraction of sp³-hybridized carbons (Fsp3) is 0.250. The Balaban J connectivity index is 2.08. The average Bonchev–Trinajstić information content (AvgIpc) is 2.78. The number of aliphatic imine (C=N–C) groups is 1. The standard InChI is InChI=1S/C12H10N4S/c13-7-10-1-3-11(4-2-10)8-16-5-6-17-12(16)15-9-14/h1-4H,5-6,8H2. The van der Waals surface area contributed by atoms with Gasteiger partial charge in [-0.1, -0.05) is 23.9 Å². The normalized spacial score (nSPS) is 16.8. The number of benzene rings is 1. The summed E-state index contributed by atoms with van der Waals surface area (Å²) >= 11 is 1.60. The zero-order valence-corrected chi connectivity index (χ0v) is 9.94. The molecule has 0 saturated carbocycles. The van der Waals surface area contributed by atoms with Crippen molar-refractivity contribution in [3.8, 4) is 12.3 Å².